The maximum atomic E-state index is 10.2. The van der Waals surface area contributed by atoms with Crippen LogP contribution in [0.2, 0.25) is 0 Å². The van der Waals surface area contributed by atoms with Crippen molar-refractivity contribution in [3.63, 3.8) is 0 Å². The molecule has 30 heavy (non-hydrogen) atoms. The monoisotopic (exact) mass is 416 g/mol. The minimum atomic E-state index is -0.0903. The number of hydrogen-bond acceptors (Lipinski definition) is 3. The Morgan fingerprint density at radius 1 is 1.03 bits per heavy atom. The number of hydrogen-bond donors (Lipinski definition) is 1. The molecule has 0 bridgehead atoms. The molecule has 3 nitrogen and oxygen atoms in total. The normalized spacial score (nSPS) is 50.6. The van der Waals surface area contributed by atoms with Gasteiger partial charge >= 0.3 is 0 Å². The van der Waals surface area contributed by atoms with Crippen LogP contribution in [0.25, 0.3) is 0 Å². The van der Waals surface area contributed by atoms with Crippen LogP contribution in [0.3, 0.4) is 0 Å². The first-order chi connectivity index (χ1) is 14.4. The van der Waals surface area contributed by atoms with Gasteiger partial charge in [0.05, 0.1) is 25.4 Å². The smallest absolute Gasteiger partial charge is 0.117 e. The van der Waals surface area contributed by atoms with Crippen LogP contribution in [0.4, 0.5) is 0 Å². The highest BCUT2D eigenvalue weighted by Gasteiger charge is 2.60. The Labute approximate surface area is 184 Å². The third-order valence-corrected chi connectivity index (χ3v) is 10.6. The highest BCUT2D eigenvalue weighted by molar-refractivity contribution is 5.25. The quantitative estimate of drug-likeness (QED) is 0.570. The summed E-state index contributed by atoms with van der Waals surface area (Å²) in [4.78, 5) is 0. The van der Waals surface area contributed by atoms with Gasteiger partial charge in [-0.1, -0.05) is 39.3 Å². The van der Waals surface area contributed by atoms with Crippen LogP contribution >= 0.6 is 0 Å². The third kappa shape index (κ3) is 3.09. The van der Waals surface area contributed by atoms with Gasteiger partial charge in [-0.25, -0.2) is 0 Å². The van der Waals surface area contributed by atoms with Crippen molar-refractivity contribution in [2.24, 2.45) is 34.5 Å². The molecule has 2 aliphatic heterocycles. The summed E-state index contributed by atoms with van der Waals surface area (Å²) in [5.74, 6) is 3.49. The zero-order valence-electron chi connectivity index (χ0n) is 19.8. The molecule has 5 fully saturated rings. The molecule has 0 aromatic rings. The van der Waals surface area contributed by atoms with Crippen molar-refractivity contribution in [3.05, 3.63) is 11.6 Å². The van der Waals surface area contributed by atoms with E-state index in [1.54, 1.807) is 5.57 Å². The molecule has 6 rings (SSSR count). The van der Waals surface area contributed by atoms with Gasteiger partial charge in [0.15, 0.2) is 0 Å². The van der Waals surface area contributed by atoms with E-state index in [9.17, 15) is 5.11 Å². The Balaban J connectivity index is 0.000000937. The summed E-state index contributed by atoms with van der Waals surface area (Å²) in [5.41, 5.74) is 2.63. The van der Waals surface area contributed by atoms with Gasteiger partial charge in [0, 0.05) is 6.42 Å². The SMILES string of the molecule is CC.CC12CCC(O)CC1=CCC1C2CCC2(C)C1CC[C@@H]2CC1CC2(COC2)O1. The zero-order valence-corrected chi connectivity index (χ0v) is 19.8. The molecule has 3 heteroatoms. The van der Waals surface area contributed by atoms with Gasteiger partial charge in [0.25, 0.3) is 0 Å². The predicted octanol–water partition coefficient (Wildman–Crippen LogP) is 5.90. The summed E-state index contributed by atoms with van der Waals surface area (Å²) in [6.45, 7) is 10.8. The number of rotatable bonds is 2. The van der Waals surface area contributed by atoms with Crippen LogP contribution in [0.15, 0.2) is 11.6 Å². The first kappa shape index (κ1) is 21.5. The van der Waals surface area contributed by atoms with E-state index in [2.05, 4.69) is 19.9 Å². The van der Waals surface area contributed by atoms with E-state index in [0.717, 1.165) is 49.7 Å². The molecule has 0 aromatic heterocycles. The second-order valence-corrected chi connectivity index (χ2v) is 11.8. The van der Waals surface area contributed by atoms with Crippen molar-refractivity contribution < 1.29 is 14.6 Å². The summed E-state index contributed by atoms with van der Waals surface area (Å²) >= 11 is 0. The van der Waals surface area contributed by atoms with Gasteiger partial charge in [-0.15, -0.1) is 0 Å². The molecule has 170 valence electrons. The van der Waals surface area contributed by atoms with E-state index in [0.29, 0.717) is 16.9 Å². The number of aliphatic hydroxyl groups is 1. The summed E-state index contributed by atoms with van der Waals surface area (Å²) in [6.07, 6.45) is 15.6. The Hall–Kier alpha value is -0.380. The average molecular weight is 417 g/mol. The molecule has 2 saturated heterocycles. The molecule has 8 atom stereocenters. The van der Waals surface area contributed by atoms with Crippen molar-refractivity contribution >= 4 is 0 Å². The molecule has 4 aliphatic carbocycles. The maximum Gasteiger partial charge on any atom is 0.117 e. The van der Waals surface area contributed by atoms with E-state index in [1.807, 2.05) is 13.8 Å². The fourth-order valence-corrected chi connectivity index (χ4v) is 8.86. The predicted molar refractivity (Wildman–Crippen MR) is 120 cm³/mol. The standard InChI is InChI=1S/C25H38O3.C2H6/c1-23-9-7-18(26)11-16(23)3-5-20-21-6-4-17(24(21,2)10-8-22(20)23)12-19-13-25(28-19)14-27-15-25;1-2/h3,17-22,26H,4-15H2,1-2H3;1-2H3/t17-,18?,19?,20?,21?,22?,23?,24?;/m1./s1. The van der Waals surface area contributed by atoms with Gasteiger partial charge in [0.1, 0.15) is 5.60 Å². The lowest BCUT2D eigenvalue weighted by Gasteiger charge is -2.59. The molecular weight excluding hydrogens is 372 g/mol. The highest BCUT2D eigenvalue weighted by atomic mass is 16.6. The second-order valence-electron chi connectivity index (χ2n) is 11.8. The Bertz CT molecular complexity index is 674. The highest BCUT2D eigenvalue weighted by Crippen LogP contribution is 2.67. The van der Waals surface area contributed by atoms with E-state index in [4.69, 9.17) is 9.47 Å². The number of aliphatic hydroxyl groups excluding tert-OH is 1. The van der Waals surface area contributed by atoms with Crippen LogP contribution in [0.1, 0.15) is 91.9 Å². The Morgan fingerprint density at radius 2 is 1.80 bits per heavy atom. The van der Waals surface area contributed by atoms with E-state index < -0.39 is 0 Å². The van der Waals surface area contributed by atoms with Gasteiger partial charge in [-0.3, -0.25) is 0 Å². The fourth-order valence-electron chi connectivity index (χ4n) is 8.86. The largest absolute Gasteiger partial charge is 0.393 e. The number of allylic oxidation sites excluding steroid dienone is 1. The molecule has 6 aliphatic rings. The van der Waals surface area contributed by atoms with Crippen molar-refractivity contribution in [1.82, 2.24) is 0 Å². The lowest BCUT2D eigenvalue weighted by atomic mass is 9.47. The Kier molecular flexibility index (Phi) is 5.43. The molecule has 1 spiro atoms. The van der Waals surface area contributed by atoms with Crippen molar-refractivity contribution in [3.8, 4) is 0 Å². The molecule has 7 unspecified atom stereocenters. The summed E-state index contributed by atoms with van der Waals surface area (Å²) in [7, 11) is 0. The molecule has 2 heterocycles. The average Bonchev–Trinajstić information content (AvgIpc) is 3.01. The van der Waals surface area contributed by atoms with Crippen LogP contribution in [0, 0.1) is 34.5 Å². The first-order valence-corrected chi connectivity index (χ1v) is 13.1. The topological polar surface area (TPSA) is 38.7 Å². The Morgan fingerprint density at radius 3 is 2.50 bits per heavy atom. The molecule has 1 N–H and O–H groups in total. The minimum Gasteiger partial charge on any atom is -0.393 e. The van der Waals surface area contributed by atoms with Gasteiger partial charge in [-0.2, -0.15) is 0 Å². The third-order valence-electron chi connectivity index (χ3n) is 10.6. The second kappa shape index (κ2) is 7.59. The van der Waals surface area contributed by atoms with E-state index in [-0.39, 0.29) is 11.7 Å². The van der Waals surface area contributed by atoms with Crippen molar-refractivity contribution in [1.29, 1.82) is 0 Å². The number of fused-ring (bicyclic) bond motifs is 5. The molecule has 0 amide bonds. The lowest BCUT2D eigenvalue weighted by molar-refractivity contribution is -0.312. The molecule has 0 radical (unpaired) electrons. The van der Waals surface area contributed by atoms with Gasteiger partial charge in [0.2, 0.25) is 0 Å². The van der Waals surface area contributed by atoms with E-state index in [1.165, 1.54) is 51.4 Å². The zero-order chi connectivity index (χ0) is 21.1. The van der Waals surface area contributed by atoms with Gasteiger partial charge < -0.3 is 14.6 Å². The lowest BCUT2D eigenvalue weighted by Crippen LogP contribution is -2.63. The molecular formula is C27H44O3. The fraction of sp³-hybridized carbons (Fsp3) is 0.926. The van der Waals surface area contributed by atoms with Crippen molar-refractivity contribution in [2.45, 2.75) is 110 Å². The van der Waals surface area contributed by atoms with Crippen LogP contribution < -0.4 is 0 Å². The maximum absolute atomic E-state index is 10.2. The summed E-state index contributed by atoms with van der Waals surface area (Å²) in [5, 5.41) is 10.2. The molecule has 3 saturated carbocycles. The first-order valence-electron chi connectivity index (χ1n) is 13.1. The van der Waals surface area contributed by atoms with Crippen LogP contribution in [0.5, 0.6) is 0 Å². The summed E-state index contributed by atoms with van der Waals surface area (Å²) < 4.78 is 11.7. The van der Waals surface area contributed by atoms with Gasteiger partial charge in [-0.05, 0) is 92.3 Å². The minimum absolute atomic E-state index is 0.0903. The van der Waals surface area contributed by atoms with Crippen LogP contribution in [-0.2, 0) is 9.47 Å². The number of ether oxygens (including phenoxy) is 2. The molecule has 0 aromatic carbocycles. The summed E-state index contributed by atoms with van der Waals surface area (Å²) in [6, 6.07) is 0. The van der Waals surface area contributed by atoms with Crippen molar-refractivity contribution in [2.75, 3.05) is 13.2 Å². The van der Waals surface area contributed by atoms with Crippen LogP contribution in [-0.4, -0.2) is 36.1 Å². The van der Waals surface area contributed by atoms with E-state index >= 15 is 0 Å².